The van der Waals surface area contributed by atoms with Crippen LogP contribution in [0.1, 0.15) is 6.23 Å². The van der Waals surface area contributed by atoms with Crippen LogP contribution in [0.2, 0.25) is 0 Å². The predicted molar refractivity (Wildman–Crippen MR) is 74.8 cm³/mol. The number of alkyl halides is 2. The number of aliphatic hydroxyl groups excluding tert-OH is 2. The van der Waals surface area contributed by atoms with Gasteiger partial charge in [0.05, 0.1) is 6.61 Å². The lowest BCUT2D eigenvalue weighted by molar-refractivity contribution is -0.140. The van der Waals surface area contributed by atoms with Gasteiger partial charge in [-0.05, 0) is 6.07 Å². The van der Waals surface area contributed by atoms with Crippen molar-refractivity contribution in [2.75, 3.05) is 24.9 Å². The smallest absolute Gasteiger partial charge is 0.351 e. The summed E-state index contributed by atoms with van der Waals surface area (Å²) in [6.45, 7) is -0.787. The average Bonchev–Trinajstić information content (AvgIpc) is 2.61. The molecular weight excluding hydrogens is 324 g/mol. The van der Waals surface area contributed by atoms with Crippen LogP contribution >= 0.6 is 0 Å². The highest BCUT2D eigenvalue weighted by Gasteiger charge is 2.59. The number of hydrogen-bond acceptors (Lipinski definition) is 7. The van der Waals surface area contributed by atoms with Gasteiger partial charge in [-0.3, -0.25) is 8.78 Å². The Morgan fingerprint density at radius 2 is 2.09 bits per heavy atom. The van der Waals surface area contributed by atoms with Gasteiger partial charge in [-0.1, -0.05) is 0 Å². The molecule has 126 valence electrons. The summed E-state index contributed by atoms with van der Waals surface area (Å²) in [5.41, 5.74) is 4.21. The average molecular weight is 341 g/mol. The molecule has 4 N–H and O–H groups in total. The number of nitrogens with two attached hydrogens (primary N) is 1. The van der Waals surface area contributed by atoms with Gasteiger partial charge in [0.2, 0.25) is 6.23 Å². The number of anilines is 1. The molecule has 0 spiro atoms. The first kappa shape index (κ1) is 18.6. The summed E-state index contributed by atoms with van der Waals surface area (Å²) in [6.07, 6.45) is -1.41. The van der Waals surface area contributed by atoms with Crippen LogP contribution in [-0.2, 0) is 15.5 Å². The van der Waals surface area contributed by atoms with Gasteiger partial charge in [-0.2, -0.15) is 13.8 Å². The van der Waals surface area contributed by atoms with Crippen molar-refractivity contribution >= 4 is 16.6 Å². The lowest BCUT2D eigenvalue weighted by Crippen LogP contribution is -2.41. The molecule has 8 nitrogen and oxygen atoms in total. The number of halogens is 2. The summed E-state index contributed by atoms with van der Waals surface area (Å²) in [5, 5.41) is 18.1. The van der Waals surface area contributed by atoms with Crippen LogP contribution in [0.5, 0.6) is 0 Å². The molecule has 3 atom stereocenters. The Hall–Kier alpha value is -1.43. The molecule has 2 heterocycles. The van der Waals surface area contributed by atoms with Crippen molar-refractivity contribution < 1.29 is 27.9 Å². The van der Waals surface area contributed by atoms with Crippen LogP contribution in [0.25, 0.3) is 0 Å². The minimum Gasteiger partial charge on any atom is -0.394 e. The maximum atomic E-state index is 13.7. The monoisotopic (exact) mass is 341 g/mol. The van der Waals surface area contributed by atoms with Gasteiger partial charge in [0.15, 0.2) is 6.10 Å². The number of nitrogens with zero attached hydrogens (tertiary/aromatic N) is 2. The zero-order valence-electron chi connectivity index (χ0n) is 11.8. The van der Waals surface area contributed by atoms with Crippen molar-refractivity contribution in [3.05, 3.63) is 22.7 Å². The molecule has 11 heteroatoms. The molecule has 1 aromatic heterocycles. The van der Waals surface area contributed by atoms with Gasteiger partial charge in [0, 0.05) is 29.5 Å². The summed E-state index contributed by atoms with van der Waals surface area (Å²) in [6, 6.07) is 1.15. The Morgan fingerprint density at radius 1 is 1.55 bits per heavy atom. The molecule has 1 aliphatic rings. The van der Waals surface area contributed by atoms with Gasteiger partial charge < -0.3 is 20.7 Å². The summed E-state index contributed by atoms with van der Waals surface area (Å²) < 4.78 is 42.3. The van der Waals surface area contributed by atoms with Gasteiger partial charge in [-0.25, -0.2) is 4.79 Å². The van der Waals surface area contributed by atoms with Gasteiger partial charge in [0.25, 0.3) is 0 Å². The molecule has 0 aromatic carbocycles. The molecule has 0 radical (unpaired) electrons. The number of hydrogen-bond donors (Lipinski definition) is 3. The molecule has 1 aromatic rings. The highest BCUT2D eigenvalue weighted by atomic mass is 32.2. The van der Waals surface area contributed by atoms with Crippen LogP contribution in [-0.4, -0.2) is 61.2 Å². The van der Waals surface area contributed by atoms with E-state index in [4.69, 9.17) is 15.6 Å². The highest BCUT2D eigenvalue weighted by molar-refractivity contribution is 7.83. The van der Waals surface area contributed by atoms with Gasteiger partial charge in [0.1, 0.15) is 11.9 Å². The fourth-order valence-corrected chi connectivity index (χ4v) is 1.72. The van der Waals surface area contributed by atoms with E-state index in [1.165, 1.54) is 0 Å². The molecule has 1 aliphatic heterocycles. The third-order valence-electron chi connectivity index (χ3n) is 2.66. The van der Waals surface area contributed by atoms with E-state index in [0.717, 1.165) is 12.3 Å². The van der Waals surface area contributed by atoms with Crippen LogP contribution in [0.4, 0.5) is 14.6 Å². The number of nitrogen functional groups attached to an aromatic ring is 1. The topological polar surface area (TPSA) is 128 Å². The largest absolute Gasteiger partial charge is 0.394 e. The first-order valence-electron chi connectivity index (χ1n) is 6.03. The Labute approximate surface area is 127 Å². The van der Waals surface area contributed by atoms with Crippen molar-refractivity contribution in [3.63, 3.8) is 0 Å². The van der Waals surface area contributed by atoms with Crippen molar-refractivity contribution in [2.24, 2.45) is 0 Å². The van der Waals surface area contributed by atoms with E-state index in [2.05, 4.69) is 4.98 Å². The van der Waals surface area contributed by atoms with Gasteiger partial charge >= 0.3 is 11.6 Å². The number of ether oxygens (including phenoxy) is 1. The third kappa shape index (κ3) is 4.06. The van der Waals surface area contributed by atoms with E-state index in [0.29, 0.717) is 4.57 Å². The maximum absolute atomic E-state index is 13.7. The summed E-state index contributed by atoms with van der Waals surface area (Å²) in [7, 11) is -0.611. The molecule has 1 fully saturated rings. The summed E-state index contributed by atoms with van der Waals surface area (Å²) in [4.78, 5) is 14.7. The molecule has 0 amide bonds. The SMILES string of the molecule is CS(C)=O.Nc1ccn([C@@H]2O[C@H](CO)[C@@H](O)C2(F)F)c(=O)n1. The lowest BCUT2D eigenvalue weighted by Gasteiger charge is -2.20. The number of aliphatic hydroxyl groups is 2. The van der Waals surface area contributed by atoms with E-state index >= 15 is 0 Å². The minimum atomic E-state index is -3.71. The van der Waals surface area contributed by atoms with Crippen LogP contribution in [0.3, 0.4) is 0 Å². The minimum absolute atomic E-state index is 0.114. The molecule has 0 aliphatic carbocycles. The first-order valence-corrected chi connectivity index (χ1v) is 7.99. The quantitative estimate of drug-likeness (QED) is 0.610. The van der Waals surface area contributed by atoms with Crippen molar-refractivity contribution in [2.45, 2.75) is 24.4 Å². The third-order valence-corrected chi connectivity index (χ3v) is 2.66. The molecule has 0 saturated carbocycles. The first-order chi connectivity index (χ1) is 10.1. The van der Waals surface area contributed by atoms with Crippen LogP contribution in [0, 0.1) is 0 Å². The maximum Gasteiger partial charge on any atom is 0.351 e. The van der Waals surface area contributed by atoms with E-state index in [9.17, 15) is 22.9 Å². The molecule has 1 saturated heterocycles. The van der Waals surface area contributed by atoms with E-state index in [1.807, 2.05) is 0 Å². The fourth-order valence-electron chi connectivity index (χ4n) is 1.72. The summed E-state index contributed by atoms with van der Waals surface area (Å²) >= 11 is 0. The number of aromatic nitrogens is 2. The van der Waals surface area contributed by atoms with Crippen LogP contribution in [0.15, 0.2) is 17.1 Å². The second kappa shape index (κ2) is 7.22. The van der Waals surface area contributed by atoms with E-state index < -0.39 is 47.5 Å². The molecule has 22 heavy (non-hydrogen) atoms. The van der Waals surface area contributed by atoms with Crippen LogP contribution < -0.4 is 11.4 Å². The zero-order valence-corrected chi connectivity index (χ0v) is 12.7. The second-order valence-corrected chi connectivity index (χ2v) is 6.10. The number of rotatable bonds is 2. The lowest BCUT2D eigenvalue weighted by atomic mass is 10.1. The van der Waals surface area contributed by atoms with Crippen molar-refractivity contribution in [3.8, 4) is 0 Å². The van der Waals surface area contributed by atoms with Gasteiger partial charge in [-0.15, -0.1) is 0 Å². The highest BCUT2D eigenvalue weighted by Crippen LogP contribution is 2.41. The molecular formula is C11H17F2N3O5S. The molecule has 0 bridgehead atoms. The van der Waals surface area contributed by atoms with Crippen molar-refractivity contribution in [1.29, 1.82) is 0 Å². The van der Waals surface area contributed by atoms with Crippen molar-refractivity contribution in [1.82, 2.24) is 9.55 Å². The zero-order chi connectivity index (χ0) is 17.1. The molecule has 2 rings (SSSR count). The Bertz CT molecular complexity index is 593. The Morgan fingerprint density at radius 3 is 2.50 bits per heavy atom. The summed E-state index contributed by atoms with van der Waals surface area (Å²) in [5.74, 6) is -3.83. The normalized spacial score (nSPS) is 26.6. The molecule has 0 unspecified atom stereocenters. The van der Waals surface area contributed by atoms with E-state index in [-0.39, 0.29) is 5.82 Å². The standard InChI is InChI=1S/C9H11F2N3O4.C2H6OS/c10-9(11)6(16)4(3-15)18-7(9)14-2-1-5(12)13-8(14)17;1-4(2)3/h1-2,4,6-7,15-16H,3H2,(H2,12,13,17);1-2H3/t4-,6-,7-;/m1./s1. The van der Waals surface area contributed by atoms with E-state index in [1.54, 1.807) is 12.5 Å². The fraction of sp³-hybridized carbons (Fsp3) is 0.636. The second-order valence-electron chi connectivity index (χ2n) is 4.61. The Balaban J connectivity index is 0.000000541. The Kier molecular flexibility index (Phi) is 6.11. The predicted octanol–water partition coefficient (Wildman–Crippen LogP) is -1.29.